The molecule has 0 atom stereocenters. The molecule has 2 aromatic carbocycles. The normalized spacial score (nSPS) is 17.2. The quantitative estimate of drug-likeness (QED) is 0.697. The Bertz CT molecular complexity index is 1140. The molecule has 0 spiro atoms. The second kappa shape index (κ2) is 9.91. The standard InChI is InChI=1S/C24H28N4O4S/c25-16-18-5-8-20(9-6-18)27-11-13-28(14-12-27)24(29)23-15-22(33(26,30)31)10-7-19(23)17-32-21-3-1-2-4-21/h5-10,15,21H,1-4,11-14,17H2,(H2,26,30,31). The van der Waals surface area contributed by atoms with Crippen molar-refractivity contribution in [1.29, 1.82) is 5.26 Å². The molecular weight excluding hydrogens is 440 g/mol. The third-order valence-electron chi connectivity index (χ3n) is 6.35. The van der Waals surface area contributed by atoms with Crippen LogP contribution in [0.2, 0.25) is 0 Å². The molecular formula is C24H28N4O4S. The molecule has 174 valence electrons. The van der Waals surface area contributed by atoms with Crippen molar-refractivity contribution in [2.24, 2.45) is 5.14 Å². The van der Waals surface area contributed by atoms with Crippen LogP contribution in [-0.4, -0.2) is 51.5 Å². The number of primary sulfonamides is 1. The molecule has 8 nitrogen and oxygen atoms in total. The van der Waals surface area contributed by atoms with E-state index in [2.05, 4.69) is 11.0 Å². The average Bonchev–Trinajstić information content (AvgIpc) is 3.35. The van der Waals surface area contributed by atoms with Gasteiger partial charge in [0.25, 0.3) is 5.91 Å². The van der Waals surface area contributed by atoms with E-state index in [9.17, 15) is 13.2 Å². The van der Waals surface area contributed by atoms with E-state index in [1.165, 1.54) is 12.1 Å². The fourth-order valence-corrected chi connectivity index (χ4v) is 4.94. The number of nitrogens with two attached hydrogens (primary N) is 1. The van der Waals surface area contributed by atoms with E-state index in [1.54, 1.807) is 23.1 Å². The predicted octanol–water partition coefficient (Wildman–Crippen LogP) is 2.63. The van der Waals surface area contributed by atoms with Gasteiger partial charge in [0.15, 0.2) is 0 Å². The van der Waals surface area contributed by atoms with Crippen LogP contribution in [0.25, 0.3) is 0 Å². The first-order valence-electron chi connectivity index (χ1n) is 11.2. The van der Waals surface area contributed by atoms with Crippen molar-refractivity contribution in [3.8, 4) is 6.07 Å². The zero-order valence-electron chi connectivity index (χ0n) is 18.4. The van der Waals surface area contributed by atoms with Gasteiger partial charge in [0.1, 0.15) is 0 Å². The summed E-state index contributed by atoms with van der Waals surface area (Å²) >= 11 is 0. The topological polar surface area (TPSA) is 117 Å². The molecule has 0 radical (unpaired) electrons. The Morgan fingerprint density at radius 2 is 1.73 bits per heavy atom. The number of carbonyl (C=O) groups excluding carboxylic acids is 1. The summed E-state index contributed by atoms with van der Waals surface area (Å²) in [5.41, 5.74) is 2.61. The first-order chi connectivity index (χ1) is 15.8. The Hall–Kier alpha value is -2.93. The number of nitriles is 1. The maximum absolute atomic E-state index is 13.4. The first-order valence-corrected chi connectivity index (χ1v) is 12.7. The maximum atomic E-state index is 13.4. The second-order valence-electron chi connectivity index (χ2n) is 8.52. The number of nitrogens with zero attached hydrogens (tertiary/aromatic N) is 3. The lowest BCUT2D eigenvalue weighted by Gasteiger charge is -2.36. The molecule has 2 aromatic rings. The smallest absolute Gasteiger partial charge is 0.254 e. The first kappa shape index (κ1) is 23.2. The third kappa shape index (κ3) is 5.53. The number of carbonyl (C=O) groups is 1. The molecule has 1 saturated heterocycles. The van der Waals surface area contributed by atoms with Gasteiger partial charge in [0.05, 0.1) is 29.2 Å². The van der Waals surface area contributed by atoms with Crippen molar-refractivity contribution in [1.82, 2.24) is 4.90 Å². The summed E-state index contributed by atoms with van der Waals surface area (Å²) in [6.45, 7) is 2.55. The Labute approximate surface area is 194 Å². The van der Waals surface area contributed by atoms with Gasteiger partial charge in [-0.15, -0.1) is 0 Å². The van der Waals surface area contributed by atoms with Gasteiger partial charge in [-0.05, 0) is 54.8 Å². The highest BCUT2D eigenvalue weighted by atomic mass is 32.2. The van der Waals surface area contributed by atoms with Crippen LogP contribution < -0.4 is 10.0 Å². The number of benzene rings is 2. The lowest BCUT2D eigenvalue weighted by molar-refractivity contribution is 0.0444. The lowest BCUT2D eigenvalue weighted by atomic mass is 10.1. The third-order valence-corrected chi connectivity index (χ3v) is 7.26. The van der Waals surface area contributed by atoms with Gasteiger partial charge in [0, 0.05) is 37.4 Å². The monoisotopic (exact) mass is 468 g/mol. The van der Waals surface area contributed by atoms with Gasteiger partial charge >= 0.3 is 0 Å². The van der Waals surface area contributed by atoms with Gasteiger partial charge in [-0.2, -0.15) is 5.26 Å². The van der Waals surface area contributed by atoms with Crippen LogP contribution in [0.1, 0.15) is 47.2 Å². The molecule has 1 heterocycles. The molecule has 4 rings (SSSR count). The van der Waals surface area contributed by atoms with E-state index < -0.39 is 10.0 Å². The van der Waals surface area contributed by atoms with Crippen LogP contribution in [0.5, 0.6) is 0 Å². The summed E-state index contributed by atoms with van der Waals surface area (Å²) in [4.78, 5) is 17.2. The molecule has 1 saturated carbocycles. The summed E-state index contributed by atoms with van der Waals surface area (Å²) in [5, 5.41) is 14.3. The average molecular weight is 469 g/mol. The molecule has 0 unspecified atom stereocenters. The van der Waals surface area contributed by atoms with Crippen molar-refractivity contribution in [2.45, 2.75) is 43.3 Å². The molecule has 0 bridgehead atoms. The van der Waals surface area contributed by atoms with Gasteiger partial charge in [-0.3, -0.25) is 4.79 Å². The van der Waals surface area contributed by atoms with Crippen LogP contribution in [-0.2, 0) is 21.4 Å². The number of hydrogen-bond acceptors (Lipinski definition) is 6. The van der Waals surface area contributed by atoms with Crippen molar-refractivity contribution in [2.75, 3.05) is 31.1 Å². The van der Waals surface area contributed by atoms with E-state index in [4.69, 9.17) is 15.1 Å². The van der Waals surface area contributed by atoms with Crippen molar-refractivity contribution >= 4 is 21.6 Å². The molecule has 1 aliphatic heterocycles. The minimum atomic E-state index is -3.93. The van der Waals surface area contributed by atoms with Crippen molar-refractivity contribution in [3.05, 3.63) is 59.2 Å². The fourth-order valence-electron chi connectivity index (χ4n) is 4.41. The van der Waals surface area contributed by atoms with Gasteiger partial charge in [-0.25, -0.2) is 13.6 Å². The number of sulfonamides is 1. The highest BCUT2D eigenvalue weighted by molar-refractivity contribution is 7.89. The summed E-state index contributed by atoms with van der Waals surface area (Å²) in [6.07, 6.45) is 4.49. The molecule has 1 aliphatic carbocycles. The molecule has 33 heavy (non-hydrogen) atoms. The zero-order chi connectivity index (χ0) is 23.4. The number of ether oxygens (including phenoxy) is 1. The Morgan fingerprint density at radius 3 is 2.33 bits per heavy atom. The van der Waals surface area contributed by atoms with Crippen molar-refractivity contribution < 1.29 is 17.9 Å². The van der Waals surface area contributed by atoms with Crippen LogP contribution in [0, 0.1) is 11.3 Å². The highest BCUT2D eigenvalue weighted by Gasteiger charge is 2.26. The van der Waals surface area contributed by atoms with Crippen LogP contribution in [0.3, 0.4) is 0 Å². The SMILES string of the molecule is N#Cc1ccc(N2CCN(C(=O)c3cc(S(N)(=O)=O)ccc3COC3CCCC3)CC2)cc1. The summed E-state index contributed by atoms with van der Waals surface area (Å²) < 4.78 is 29.8. The molecule has 2 N–H and O–H groups in total. The van der Waals surface area contributed by atoms with Crippen molar-refractivity contribution in [3.63, 3.8) is 0 Å². The van der Waals surface area contributed by atoms with E-state index >= 15 is 0 Å². The van der Waals surface area contributed by atoms with Gasteiger partial charge in [-0.1, -0.05) is 18.9 Å². The van der Waals surface area contributed by atoms with E-state index in [1.807, 2.05) is 12.1 Å². The number of hydrogen-bond donors (Lipinski definition) is 1. The Morgan fingerprint density at radius 1 is 1.06 bits per heavy atom. The lowest BCUT2D eigenvalue weighted by Crippen LogP contribution is -2.49. The van der Waals surface area contributed by atoms with E-state index in [0.29, 0.717) is 42.9 Å². The van der Waals surface area contributed by atoms with Crippen LogP contribution in [0.4, 0.5) is 5.69 Å². The minimum absolute atomic E-state index is 0.0771. The number of rotatable bonds is 6. The predicted molar refractivity (Wildman–Crippen MR) is 124 cm³/mol. The number of anilines is 1. The highest BCUT2D eigenvalue weighted by Crippen LogP contribution is 2.25. The minimum Gasteiger partial charge on any atom is -0.374 e. The molecule has 2 aliphatic rings. The fraction of sp³-hybridized carbons (Fsp3) is 0.417. The molecule has 1 amide bonds. The number of piperazine rings is 1. The van der Waals surface area contributed by atoms with Crippen LogP contribution in [0.15, 0.2) is 47.4 Å². The Balaban J connectivity index is 1.49. The summed E-state index contributed by atoms with van der Waals surface area (Å²) in [7, 11) is -3.93. The second-order valence-corrected chi connectivity index (χ2v) is 10.1. The Kier molecular flexibility index (Phi) is 6.98. The summed E-state index contributed by atoms with van der Waals surface area (Å²) in [5.74, 6) is -0.218. The van der Waals surface area contributed by atoms with E-state index in [0.717, 1.165) is 31.4 Å². The van der Waals surface area contributed by atoms with Gasteiger partial charge < -0.3 is 14.5 Å². The van der Waals surface area contributed by atoms with E-state index in [-0.39, 0.29) is 23.5 Å². The number of amides is 1. The zero-order valence-corrected chi connectivity index (χ0v) is 19.3. The molecule has 0 aromatic heterocycles. The largest absolute Gasteiger partial charge is 0.374 e. The summed E-state index contributed by atoms with van der Waals surface area (Å²) in [6, 6.07) is 13.9. The maximum Gasteiger partial charge on any atom is 0.254 e. The molecule has 9 heteroatoms. The van der Waals surface area contributed by atoms with Gasteiger partial charge in [0.2, 0.25) is 10.0 Å². The van der Waals surface area contributed by atoms with Crippen LogP contribution >= 0.6 is 0 Å². The molecule has 2 fully saturated rings.